The lowest BCUT2D eigenvalue weighted by Crippen LogP contribution is -2.00. The summed E-state index contributed by atoms with van der Waals surface area (Å²) in [5, 5.41) is 0. The maximum absolute atomic E-state index is 11.6. The number of ether oxygens (including phenoxy) is 1. The lowest BCUT2D eigenvalue weighted by atomic mass is 9.92. The highest BCUT2D eigenvalue weighted by Gasteiger charge is 2.08. The second kappa shape index (κ2) is 9.70. The van der Waals surface area contributed by atoms with E-state index in [2.05, 4.69) is 67.6 Å². The third-order valence-corrected chi connectivity index (χ3v) is 4.86. The topological polar surface area (TPSA) is 26.3 Å². The first-order valence-corrected chi connectivity index (χ1v) is 9.76. The van der Waals surface area contributed by atoms with Gasteiger partial charge in [0.1, 0.15) is 0 Å². The van der Waals surface area contributed by atoms with Crippen LogP contribution in [0.5, 0.6) is 0 Å². The summed E-state index contributed by atoms with van der Waals surface area (Å²) in [7, 11) is 1.39. The second-order valence-corrected chi connectivity index (χ2v) is 6.79. The Morgan fingerprint density at radius 3 is 2.25 bits per heavy atom. The number of hydrogen-bond acceptors (Lipinski definition) is 2. The van der Waals surface area contributed by atoms with Crippen molar-refractivity contribution < 1.29 is 9.53 Å². The molecule has 28 heavy (non-hydrogen) atoms. The predicted octanol–water partition coefficient (Wildman–Crippen LogP) is 6.65. The van der Waals surface area contributed by atoms with Gasteiger partial charge in [-0.05, 0) is 52.8 Å². The molecular formula is C26H26O2. The van der Waals surface area contributed by atoms with Gasteiger partial charge in [0.05, 0.1) is 12.7 Å². The molecule has 0 spiro atoms. The molecule has 2 heteroatoms. The average Bonchev–Trinajstić information content (AvgIpc) is 2.76. The van der Waals surface area contributed by atoms with Crippen molar-refractivity contribution in [1.29, 1.82) is 0 Å². The quantitative estimate of drug-likeness (QED) is 0.344. The highest BCUT2D eigenvalue weighted by Crippen LogP contribution is 2.29. The van der Waals surface area contributed by atoms with Gasteiger partial charge in [0, 0.05) is 0 Å². The molecule has 3 aromatic carbocycles. The summed E-state index contributed by atoms with van der Waals surface area (Å²) in [6.45, 7) is 2.23. The third kappa shape index (κ3) is 4.77. The Morgan fingerprint density at radius 1 is 0.857 bits per heavy atom. The van der Waals surface area contributed by atoms with E-state index in [4.69, 9.17) is 4.74 Å². The molecule has 0 aliphatic rings. The van der Waals surface area contributed by atoms with Gasteiger partial charge in [-0.15, -0.1) is 0 Å². The van der Waals surface area contributed by atoms with Crippen molar-refractivity contribution in [1.82, 2.24) is 0 Å². The van der Waals surface area contributed by atoms with Crippen molar-refractivity contribution in [3.63, 3.8) is 0 Å². The van der Waals surface area contributed by atoms with Crippen molar-refractivity contribution in [2.45, 2.75) is 26.2 Å². The summed E-state index contributed by atoms with van der Waals surface area (Å²) in [4.78, 5) is 11.6. The smallest absolute Gasteiger partial charge is 0.337 e. The van der Waals surface area contributed by atoms with Crippen molar-refractivity contribution in [3.05, 3.63) is 95.1 Å². The van der Waals surface area contributed by atoms with E-state index in [1.54, 1.807) is 12.1 Å². The maximum atomic E-state index is 11.6. The second-order valence-electron chi connectivity index (χ2n) is 6.79. The van der Waals surface area contributed by atoms with Crippen LogP contribution < -0.4 is 0 Å². The van der Waals surface area contributed by atoms with Crippen LogP contribution in [0.15, 0.2) is 72.8 Å². The van der Waals surface area contributed by atoms with E-state index in [0.717, 1.165) is 12.0 Å². The van der Waals surface area contributed by atoms with Crippen molar-refractivity contribution in [2.24, 2.45) is 0 Å². The summed E-state index contributed by atoms with van der Waals surface area (Å²) < 4.78 is 4.75. The molecule has 0 fully saturated rings. The molecular weight excluding hydrogens is 344 g/mol. The molecule has 0 saturated heterocycles. The summed E-state index contributed by atoms with van der Waals surface area (Å²) in [5.74, 6) is -0.315. The van der Waals surface area contributed by atoms with Crippen LogP contribution in [0.1, 0.15) is 46.8 Å². The van der Waals surface area contributed by atoms with Crippen LogP contribution in [0.4, 0.5) is 0 Å². The van der Waals surface area contributed by atoms with Crippen LogP contribution in [-0.4, -0.2) is 13.1 Å². The van der Waals surface area contributed by atoms with E-state index in [0.29, 0.717) is 5.56 Å². The number of benzene rings is 3. The van der Waals surface area contributed by atoms with Gasteiger partial charge in [0.15, 0.2) is 0 Å². The normalized spacial score (nSPS) is 10.9. The zero-order valence-corrected chi connectivity index (χ0v) is 16.5. The van der Waals surface area contributed by atoms with E-state index >= 15 is 0 Å². The van der Waals surface area contributed by atoms with Gasteiger partial charge in [-0.1, -0.05) is 86.2 Å². The Morgan fingerprint density at radius 2 is 1.54 bits per heavy atom. The van der Waals surface area contributed by atoms with E-state index in [-0.39, 0.29) is 5.97 Å². The standard InChI is InChI=1S/C26H26O2/c1-3-4-9-21-10-5-7-12-24(21)25-13-8-6-11-22(25)17-14-20-15-18-23(19-16-20)26(27)28-2/h5-8,10-19H,3-4,9H2,1-2H3/b17-14+. The molecule has 0 saturated carbocycles. The molecule has 0 N–H and O–H groups in total. The van der Waals surface area contributed by atoms with Crippen LogP contribution in [0.2, 0.25) is 0 Å². The molecule has 0 radical (unpaired) electrons. The lowest BCUT2D eigenvalue weighted by molar-refractivity contribution is 0.0600. The fourth-order valence-electron chi connectivity index (χ4n) is 3.29. The number of methoxy groups -OCH3 is 1. The lowest BCUT2D eigenvalue weighted by Gasteiger charge is -2.12. The Labute approximate surface area is 167 Å². The predicted molar refractivity (Wildman–Crippen MR) is 117 cm³/mol. The number of unbranched alkanes of at least 4 members (excludes halogenated alkanes) is 1. The fraction of sp³-hybridized carbons (Fsp3) is 0.192. The van der Waals surface area contributed by atoms with Crippen molar-refractivity contribution >= 4 is 18.1 Å². The first kappa shape index (κ1) is 19.6. The van der Waals surface area contributed by atoms with E-state index in [1.807, 2.05) is 12.1 Å². The minimum Gasteiger partial charge on any atom is -0.465 e. The highest BCUT2D eigenvalue weighted by molar-refractivity contribution is 5.90. The van der Waals surface area contributed by atoms with Gasteiger partial charge in [0.2, 0.25) is 0 Å². The number of carbonyl (C=O) groups excluding carboxylic acids is 1. The van der Waals surface area contributed by atoms with Gasteiger partial charge in [-0.2, -0.15) is 0 Å². The number of hydrogen-bond donors (Lipinski definition) is 0. The number of esters is 1. The van der Waals surface area contributed by atoms with Gasteiger partial charge in [-0.3, -0.25) is 0 Å². The maximum Gasteiger partial charge on any atom is 0.337 e. The molecule has 0 unspecified atom stereocenters. The SMILES string of the molecule is CCCCc1ccccc1-c1ccccc1/C=C/c1ccc(C(=O)OC)cc1. The first-order valence-electron chi connectivity index (χ1n) is 9.76. The molecule has 0 heterocycles. The van der Waals surface area contributed by atoms with E-state index in [1.165, 1.54) is 42.2 Å². The number of rotatable bonds is 7. The fourth-order valence-corrected chi connectivity index (χ4v) is 3.29. The van der Waals surface area contributed by atoms with Crippen molar-refractivity contribution in [2.75, 3.05) is 7.11 Å². The van der Waals surface area contributed by atoms with Gasteiger partial charge < -0.3 is 4.74 Å². The monoisotopic (exact) mass is 370 g/mol. The summed E-state index contributed by atoms with van der Waals surface area (Å²) in [6.07, 6.45) is 7.70. The van der Waals surface area contributed by atoms with Crippen LogP contribution >= 0.6 is 0 Å². The number of aryl methyl sites for hydroxylation is 1. The van der Waals surface area contributed by atoms with Crippen molar-refractivity contribution in [3.8, 4) is 11.1 Å². The van der Waals surface area contributed by atoms with Gasteiger partial charge in [0.25, 0.3) is 0 Å². The summed E-state index contributed by atoms with van der Waals surface area (Å²) in [6, 6.07) is 24.6. The molecule has 0 aliphatic carbocycles. The summed E-state index contributed by atoms with van der Waals surface area (Å²) in [5.41, 5.74) is 6.73. The molecule has 0 aliphatic heterocycles. The highest BCUT2D eigenvalue weighted by atomic mass is 16.5. The largest absolute Gasteiger partial charge is 0.465 e. The van der Waals surface area contributed by atoms with Gasteiger partial charge >= 0.3 is 5.97 Å². The van der Waals surface area contributed by atoms with Crippen LogP contribution in [-0.2, 0) is 11.2 Å². The Hall–Kier alpha value is -3.13. The molecule has 3 rings (SSSR count). The van der Waals surface area contributed by atoms with E-state index in [9.17, 15) is 4.79 Å². The molecule has 0 atom stereocenters. The zero-order valence-electron chi connectivity index (χ0n) is 16.5. The molecule has 3 aromatic rings. The third-order valence-electron chi connectivity index (χ3n) is 4.86. The minimum absolute atomic E-state index is 0.315. The van der Waals surface area contributed by atoms with Crippen LogP contribution in [0.25, 0.3) is 23.3 Å². The molecule has 142 valence electrons. The Balaban J connectivity index is 1.89. The molecule has 0 bridgehead atoms. The van der Waals surface area contributed by atoms with Crippen LogP contribution in [0, 0.1) is 0 Å². The Kier molecular flexibility index (Phi) is 6.80. The molecule has 2 nitrogen and oxygen atoms in total. The average molecular weight is 370 g/mol. The molecule has 0 amide bonds. The van der Waals surface area contributed by atoms with E-state index < -0.39 is 0 Å². The zero-order chi connectivity index (χ0) is 19.8. The Bertz CT molecular complexity index is 952. The minimum atomic E-state index is -0.315. The van der Waals surface area contributed by atoms with Gasteiger partial charge in [-0.25, -0.2) is 4.79 Å². The first-order chi connectivity index (χ1) is 13.7. The van der Waals surface area contributed by atoms with Crippen LogP contribution in [0.3, 0.4) is 0 Å². The number of carbonyl (C=O) groups is 1. The summed E-state index contributed by atoms with van der Waals surface area (Å²) >= 11 is 0. The molecule has 0 aromatic heterocycles.